The number of rotatable bonds is 5. The molecule has 0 heterocycles. The van der Waals surface area contributed by atoms with E-state index >= 15 is 0 Å². The fourth-order valence-electron chi connectivity index (χ4n) is 4.75. The van der Waals surface area contributed by atoms with Crippen molar-refractivity contribution < 1.29 is 14.3 Å². The van der Waals surface area contributed by atoms with Crippen molar-refractivity contribution in [2.75, 3.05) is 21.3 Å². The maximum Gasteiger partial charge on any atom is 0.330 e. The average molecular weight is 444 g/mol. The first-order valence-electron chi connectivity index (χ1n) is 11.6. The van der Waals surface area contributed by atoms with Gasteiger partial charge < -0.3 is 9.47 Å². The highest BCUT2D eigenvalue weighted by Gasteiger charge is 2.40. The molecule has 0 saturated heterocycles. The molecule has 2 aliphatic rings. The van der Waals surface area contributed by atoms with Gasteiger partial charge in [0.05, 0.1) is 14.2 Å². The van der Waals surface area contributed by atoms with Gasteiger partial charge in [0, 0.05) is 34.9 Å². The summed E-state index contributed by atoms with van der Waals surface area (Å²) in [4.78, 5) is 13.8. The summed E-state index contributed by atoms with van der Waals surface area (Å²) in [6.45, 7) is 4.66. The zero-order chi connectivity index (χ0) is 23.6. The molecule has 0 aromatic heterocycles. The number of nitrogens with zero attached hydrogens (tertiary/aromatic N) is 1. The smallest absolute Gasteiger partial charge is 0.330 e. The van der Waals surface area contributed by atoms with Crippen LogP contribution < -0.4 is 4.74 Å². The Kier molecular flexibility index (Phi) is 6.63. The molecule has 0 radical (unpaired) electrons. The van der Waals surface area contributed by atoms with Crippen molar-refractivity contribution in [2.45, 2.75) is 57.0 Å². The molecular formula is C29H33NO3. The van der Waals surface area contributed by atoms with Crippen LogP contribution in [0, 0.1) is 11.8 Å². The van der Waals surface area contributed by atoms with Crippen LogP contribution in [0.1, 0.15) is 73.4 Å². The van der Waals surface area contributed by atoms with E-state index in [0.717, 1.165) is 35.3 Å². The van der Waals surface area contributed by atoms with Crippen molar-refractivity contribution in [3.63, 3.8) is 0 Å². The number of fused-ring (bicyclic) bond motifs is 1. The van der Waals surface area contributed by atoms with Gasteiger partial charge in [-0.15, -0.1) is 0 Å². The zero-order valence-electron chi connectivity index (χ0n) is 20.3. The topological polar surface area (TPSA) is 38.8 Å². The highest BCUT2D eigenvalue weighted by atomic mass is 16.5. The van der Waals surface area contributed by atoms with E-state index < -0.39 is 0 Å². The summed E-state index contributed by atoms with van der Waals surface area (Å²) in [5.74, 6) is 7.21. The molecule has 0 bridgehead atoms. The summed E-state index contributed by atoms with van der Waals surface area (Å²) in [7, 11) is 5.40. The van der Waals surface area contributed by atoms with Crippen LogP contribution in [0.4, 0.5) is 0 Å². The molecule has 4 nitrogen and oxygen atoms in total. The first-order chi connectivity index (χ1) is 15.8. The van der Waals surface area contributed by atoms with Crippen LogP contribution in [0.25, 0.3) is 6.08 Å². The van der Waals surface area contributed by atoms with Gasteiger partial charge in [-0.05, 0) is 79.6 Å². The van der Waals surface area contributed by atoms with E-state index in [0.29, 0.717) is 12.1 Å². The van der Waals surface area contributed by atoms with E-state index in [-0.39, 0.29) is 11.4 Å². The molecule has 1 fully saturated rings. The fourth-order valence-corrected chi connectivity index (χ4v) is 4.75. The third-order valence-electron chi connectivity index (χ3n) is 6.96. The lowest BCUT2D eigenvalue weighted by Gasteiger charge is -2.41. The van der Waals surface area contributed by atoms with Crippen molar-refractivity contribution in [2.24, 2.45) is 0 Å². The summed E-state index contributed by atoms with van der Waals surface area (Å²) in [6, 6.07) is 13.3. The SMILES string of the molecule is COC(=O)/C=C/c1ccc(C#Cc2cc(OC)c3c(c2)C(C)(C)CCC3N(C)C2CC2)cc1. The Morgan fingerprint density at radius 1 is 1.06 bits per heavy atom. The largest absolute Gasteiger partial charge is 0.496 e. The molecule has 4 rings (SSSR count). The Hall–Kier alpha value is -3.03. The second-order valence-corrected chi connectivity index (χ2v) is 9.70. The van der Waals surface area contributed by atoms with Crippen LogP contribution >= 0.6 is 0 Å². The van der Waals surface area contributed by atoms with Crippen LogP contribution in [-0.2, 0) is 14.9 Å². The third kappa shape index (κ3) is 5.15. The predicted octanol–water partition coefficient (Wildman–Crippen LogP) is 5.49. The first-order valence-corrected chi connectivity index (χ1v) is 11.6. The molecule has 0 amide bonds. The van der Waals surface area contributed by atoms with Gasteiger partial charge >= 0.3 is 5.97 Å². The molecule has 2 aromatic rings. The second-order valence-electron chi connectivity index (χ2n) is 9.70. The summed E-state index contributed by atoms with van der Waals surface area (Å²) in [5.41, 5.74) is 5.62. The van der Waals surface area contributed by atoms with Gasteiger partial charge in [-0.3, -0.25) is 4.90 Å². The van der Waals surface area contributed by atoms with Crippen molar-refractivity contribution >= 4 is 12.0 Å². The number of benzene rings is 2. The van der Waals surface area contributed by atoms with Gasteiger partial charge in [0.1, 0.15) is 5.75 Å². The van der Waals surface area contributed by atoms with E-state index in [1.165, 1.54) is 37.2 Å². The number of ether oxygens (including phenoxy) is 2. The molecule has 33 heavy (non-hydrogen) atoms. The molecular weight excluding hydrogens is 410 g/mol. The average Bonchev–Trinajstić information content (AvgIpc) is 3.67. The number of carbonyl (C=O) groups is 1. The van der Waals surface area contributed by atoms with E-state index in [1.807, 2.05) is 24.3 Å². The quantitative estimate of drug-likeness (QED) is 0.348. The predicted molar refractivity (Wildman–Crippen MR) is 132 cm³/mol. The minimum Gasteiger partial charge on any atom is -0.496 e. The van der Waals surface area contributed by atoms with Crippen molar-refractivity contribution in [1.29, 1.82) is 0 Å². The number of methoxy groups -OCH3 is 2. The Bertz CT molecular complexity index is 1110. The van der Waals surface area contributed by atoms with Gasteiger partial charge in [0.25, 0.3) is 0 Å². The van der Waals surface area contributed by atoms with Gasteiger partial charge in [-0.1, -0.05) is 37.8 Å². The van der Waals surface area contributed by atoms with Gasteiger partial charge in [0.2, 0.25) is 0 Å². The van der Waals surface area contributed by atoms with Crippen LogP contribution in [0.5, 0.6) is 5.75 Å². The maximum atomic E-state index is 11.3. The lowest BCUT2D eigenvalue weighted by atomic mass is 9.70. The van der Waals surface area contributed by atoms with E-state index in [4.69, 9.17) is 4.74 Å². The highest BCUT2D eigenvalue weighted by Crippen LogP contribution is 2.49. The van der Waals surface area contributed by atoms with E-state index in [1.54, 1.807) is 13.2 Å². The molecule has 1 atom stereocenters. The molecule has 172 valence electrons. The lowest BCUT2D eigenvalue weighted by Crippen LogP contribution is -2.35. The number of hydrogen-bond acceptors (Lipinski definition) is 4. The minimum atomic E-state index is -0.367. The zero-order valence-corrected chi connectivity index (χ0v) is 20.3. The molecule has 0 N–H and O–H groups in total. The Labute approximate surface area is 197 Å². The summed E-state index contributed by atoms with van der Waals surface area (Å²) >= 11 is 0. The number of esters is 1. The molecule has 1 unspecified atom stereocenters. The Morgan fingerprint density at radius 3 is 2.39 bits per heavy atom. The number of carbonyl (C=O) groups excluding carboxylic acids is 1. The number of hydrogen-bond donors (Lipinski definition) is 0. The molecule has 1 saturated carbocycles. The summed E-state index contributed by atoms with van der Waals surface area (Å²) in [5, 5.41) is 0. The second kappa shape index (κ2) is 9.45. The molecule has 0 aliphatic heterocycles. The van der Waals surface area contributed by atoms with Crippen molar-refractivity contribution in [1.82, 2.24) is 4.90 Å². The standard InChI is InChI=1S/C29H33NO3/c1-29(2)17-16-25(30(3)23-13-14-23)28-24(29)18-22(19-26(28)32-4)11-10-20-6-8-21(9-7-20)12-15-27(31)33-5/h6-9,12,15,18-19,23,25H,13-14,16-17H2,1-5H3/b15-12+. The summed E-state index contributed by atoms with van der Waals surface area (Å²) < 4.78 is 10.5. The van der Waals surface area contributed by atoms with E-state index in [9.17, 15) is 4.79 Å². The van der Waals surface area contributed by atoms with Gasteiger partial charge in [-0.25, -0.2) is 4.79 Å². The van der Waals surface area contributed by atoms with E-state index in [2.05, 4.69) is 54.5 Å². The molecule has 0 spiro atoms. The fraction of sp³-hybridized carbons (Fsp3) is 0.414. The van der Waals surface area contributed by atoms with Crippen LogP contribution in [0.2, 0.25) is 0 Å². The van der Waals surface area contributed by atoms with Crippen LogP contribution in [-0.4, -0.2) is 38.2 Å². The highest BCUT2D eigenvalue weighted by molar-refractivity contribution is 5.86. The molecule has 2 aliphatic carbocycles. The monoisotopic (exact) mass is 443 g/mol. The van der Waals surface area contributed by atoms with Crippen molar-refractivity contribution in [3.8, 4) is 17.6 Å². The van der Waals surface area contributed by atoms with Crippen LogP contribution in [0.3, 0.4) is 0 Å². The van der Waals surface area contributed by atoms with Crippen molar-refractivity contribution in [3.05, 3.63) is 70.3 Å². The third-order valence-corrected chi connectivity index (χ3v) is 6.96. The van der Waals surface area contributed by atoms with Crippen LogP contribution in [0.15, 0.2) is 42.5 Å². The Balaban J connectivity index is 1.63. The summed E-state index contributed by atoms with van der Waals surface area (Å²) in [6.07, 6.45) is 8.06. The minimum absolute atomic E-state index is 0.0921. The lowest BCUT2D eigenvalue weighted by molar-refractivity contribution is -0.134. The maximum absolute atomic E-state index is 11.3. The first kappa shape index (κ1) is 23.1. The van der Waals surface area contributed by atoms with Gasteiger partial charge in [-0.2, -0.15) is 0 Å². The normalized spacial score (nSPS) is 19.0. The van der Waals surface area contributed by atoms with Gasteiger partial charge in [0.15, 0.2) is 0 Å². The molecule has 4 heteroatoms. The molecule has 2 aromatic carbocycles. The Morgan fingerprint density at radius 2 is 1.76 bits per heavy atom.